The molecule has 0 aromatic carbocycles. The van der Waals surface area contributed by atoms with Crippen molar-refractivity contribution in [2.75, 3.05) is 10.6 Å². The Morgan fingerprint density at radius 3 is 2.83 bits per heavy atom. The predicted molar refractivity (Wildman–Crippen MR) is 122 cm³/mol. The van der Waals surface area contributed by atoms with Crippen molar-refractivity contribution in [3.05, 3.63) is 41.3 Å². The summed E-state index contributed by atoms with van der Waals surface area (Å²) in [5.41, 5.74) is 2.59. The second-order valence-corrected chi connectivity index (χ2v) is 11.0. The molecule has 2 aromatic rings. The lowest BCUT2D eigenvalue weighted by atomic mass is 9.85. The molecule has 3 unspecified atom stereocenters. The van der Waals surface area contributed by atoms with Crippen LogP contribution >= 0.6 is 18.5 Å². The van der Waals surface area contributed by atoms with Gasteiger partial charge in [0, 0.05) is 29.9 Å². The average Bonchev–Trinajstić information content (AvgIpc) is 2.69. The van der Waals surface area contributed by atoms with Gasteiger partial charge in [-0.15, -0.1) is 18.5 Å². The topological polar surface area (TPSA) is 107 Å². The van der Waals surface area contributed by atoms with Gasteiger partial charge in [-0.3, -0.25) is 4.98 Å². The molecular formula is C20H28N6OP2. The van der Waals surface area contributed by atoms with E-state index in [1.54, 1.807) is 6.20 Å². The minimum atomic E-state index is -0.330. The van der Waals surface area contributed by atoms with Gasteiger partial charge < -0.3 is 15.7 Å². The first-order chi connectivity index (χ1) is 13.8. The normalized spacial score (nSPS) is 22.0. The Hall–Kier alpha value is -1.86. The number of rotatable bonds is 6. The molecule has 2 aromatic heterocycles. The van der Waals surface area contributed by atoms with Gasteiger partial charge in [-0.05, 0) is 49.3 Å². The highest BCUT2D eigenvalue weighted by molar-refractivity contribution is 7.38. The van der Waals surface area contributed by atoms with E-state index in [1.165, 1.54) is 6.20 Å². The van der Waals surface area contributed by atoms with Crippen molar-refractivity contribution >= 4 is 30.2 Å². The number of aliphatic hydroxyl groups excluding tert-OH is 1. The number of hydrogen-bond donors (Lipinski definition) is 3. The van der Waals surface area contributed by atoms with E-state index in [1.807, 2.05) is 12.3 Å². The lowest BCUT2D eigenvalue weighted by Crippen LogP contribution is -2.35. The van der Waals surface area contributed by atoms with Crippen LogP contribution in [0.2, 0.25) is 0 Å². The van der Waals surface area contributed by atoms with Crippen LogP contribution < -0.4 is 10.6 Å². The summed E-state index contributed by atoms with van der Waals surface area (Å²) < 4.78 is 0. The molecule has 1 saturated carbocycles. The minimum absolute atomic E-state index is 0.0934. The van der Waals surface area contributed by atoms with Crippen LogP contribution in [-0.2, 0) is 11.4 Å². The summed E-state index contributed by atoms with van der Waals surface area (Å²) in [6, 6.07) is 4.23. The lowest BCUT2D eigenvalue weighted by molar-refractivity contribution is 0.0739. The highest BCUT2D eigenvalue weighted by Crippen LogP contribution is 2.39. The Morgan fingerprint density at radius 1 is 1.34 bits per heavy atom. The summed E-state index contributed by atoms with van der Waals surface area (Å²) in [4.78, 5) is 12.9. The predicted octanol–water partition coefficient (Wildman–Crippen LogP) is 3.24. The zero-order chi connectivity index (χ0) is 21.0. The molecule has 0 aliphatic heterocycles. The van der Waals surface area contributed by atoms with E-state index in [4.69, 9.17) is 0 Å². The molecule has 0 radical (unpaired) electrons. The molecule has 9 heteroatoms. The second-order valence-electron chi connectivity index (χ2n) is 7.94. The van der Waals surface area contributed by atoms with Gasteiger partial charge in [-0.2, -0.15) is 10.2 Å². The van der Waals surface area contributed by atoms with Gasteiger partial charge in [0.05, 0.1) is 12.3 Å². The molecular weight excluding hydrogens is 402 g/mol. The van der Waals surface area contributed by atoms with Crippen LogP contribution in [0.1, 0.15) is 49.8 Å². The molecule has 0 bridgehead atoms. The first-order valence-corrected chi connectivity index (χ1v) is 10.9. The summed E-state index contributed by atoms with van der Waals surface area (Å²) >= 11 is 0. The summed E-state index contributed by atoms with van der Waals surface area (Å²) in [6.07, 6.45) is 7.35. The lowest BCUT2D eigenvalue weighted by Gasteiger charge is -2.31. The first-order valence-electron chi connectivity index (χ1n) is 9.74. The summed E-state index contributed by atoms with van der Waals surface area (Å²) in [7, 11) is 5.63. The van der Waals surface area contributed by atoms with E-state index in [2.05, 4.69) is 64.0 Å². The minimum Gasteiger partial charge on any atom is -0.393 e. The number of aromatic nitrogens is 3. The van der Waals surface area contributed by atoms with Gasteiger partial charge in [0.2, 0.25) is 5.95 Å². The van der Waals surface area contributed by atoms with Crippen molar-refractivity contribution < 1.29 is 5.11 Å². The maximum absolute atomic E-state index is 10.1. The van der Waals surface area contributed by atoms with E-state index in [-0.39, 0.29) is 17.0 Å². The SMILES string of the molecule is C[C@@H]1CC[C@H](Nc2nc(NCc3cnccc3C(C)(P)P)ncc2C#N)CC1O. The number of nitrogens with zero attached hydrogens (tertiary/aromatic N) is 4. The maximum atomic E-state index is 10.1. The fourth-order valence-corrected chi connectivity index (χ4v) is 4.11. The quantitative estimate of drug-likeness (QED) is 0.604. The third-order valence-electron chi connectivity index (χ3n) is 5.32. The third kappa shape index (κ3) is 5.60. The molecule has 3 N–H and O–H groups in total. The highest BCUT2D eigenvalue weighted by atomic mass is 31.1. The van der Waals surface area contributed by atoms with Gasteiger partial charge in [-0.1, -0.05) is 6.92 Å². The average molecular weight is 430 g/mol. The summed E-state index contributed by atoms with van der Waals surface area (Å²) in [5.74, 6) is 1.25. The highest BCUT2D eigenvalue weighted by Gasteiger charge is 2.27. The molecule has 1 aliphatic rings. The van der Waals surface area contributed by atoms with Gasteiger partial charge >= 0.3 is 0 Å². The van der Waals surface area contributed by atoms with Gasteiger partial charge in [0.25, 0.3) is 0 Å². The van der Waals surface area contributed by atoms with Crippen molar-refractivity contribution in [2.45, 2.75) is 56.7 Å². The Morgan fingerprint density at radius 2 is 2.14 bits per heavy atom. The smallest absolute Gasteiger partial charge is 0.224 e. The molecule has 0 spiro atoms. The number of nitriles is 1. The van der Waals surface area contributed by atoms with Crippen LogP contribution in [0.15, 0.2) is 24.7 Å². The van der Waals surface area contributed by atoms with E-state index < -0.39 is 0 Å². The Kier molecular flexibility index (Phi) is 7.01. The molecule has 0 saturated heterocycles. The molecule has 0 amide bonds. The van der Waals surface area contributed by atoms with Crippen molar-refractivity contribution in [3.8, 4) is 6.07 Å². The van der Waals surface area contributed by atoms with E-state index >= 15 is 0 Å². The second kappa shape index (κ2) is 9.30. The number of anilines is 2. The Bertz CT molecular complexity index is 895. The van der Waals surface area contributed by atoms with Crippen LogP contribution in [-0.4, -0.2) is 32.2 Å². The van der Waals surface area contributed by atoms with Crippen molar-refractivity contribution in [1.29, 1.82) is 5.26 Å². The number of aliphatic hydroxyl groups is 1. The number of hydrogen-bond acceptors (Lipinski definition) is 7. The van der Waals surface area contributed by atoms with Crippen LogP contribution in [0.25, 0.3) is 0 Å². The van der Waals surface area contributed by atoms with Gasteiger partial charge in [-0.25, -0.2) is 4.98 Å². The molecule has 1 fully saturated rings. The third-order valence-corrected chi connectivity index (χ3v) is 5.95. The summed E-state index contributed by atoms with van der Waals surface area (Å²) in [5, 5.41) is 26.1. The molecule has 7 nitrogen and oxygen atoms in total. The van der Waals surface area contributed by atoms with E-state index in [0.29, 0.717) is 36.2 Å². The zero-order valence-electron chi connectivity index (χ0n) is 16.8. The molecule has 1 aliphatic carbocycles. The Labute approximate surface area is 176 Å². The Balaban J connectivity index is 1.74. The maximum Gasteiger partial charge on any atom is 0.224 e. The van der Waals surface area contributed by atoms with Crippen molar-refractivity contribution in [1.82, 2.24) is 15.0 Å². The van der Waals surface area contributed by atoms with Crippen LogP contribution in [0.5, 0.6) is 0 Å². The molecule has 5 atom stereocenters. The van der Waals surface area contributed by atoms with Crippen LogP contribution in [0, 0.1) is 17.2 Å². The standard InChI is InChI=1S/C20H28N6OP2/c1-12-3-4-15(7-17(12)27)25-18-13(8-21)10-23-19(26-18)24-11-14-9-22-6-5-16(14)20(2,28)29/h5-6,9-10,12,15,17,27H,3-4,7,11,28-29H2,1-2H3,(H2,23,24,25,26)/t12-,15+,17?/m1/s1. The first kappa shape index (κ1) is 21.8. The summed E-state index contributed by atoms with van der Waals surface area (Å²) in [6.45, 7) is 4.68. The van der Waals surface area contributed by atoms with Crippen LogP contribution in [0.4, 0.5) is 11.8 Å². The molecule has 29 heavy (non-hydrogen) atoms. The van der Waals surface area contributed by atoms with Gasteiger partial charge in [0.1, 0.15) is 17.5 Å². The molecule has 154 valence electrons. The zero-order valence-corrected chi connectivity index (χ0v) is 19.1. The van der Waals surface area contributed by atoms with Crippen LogP contribution in [0.3, 0.4) is 0 Å². The number of pyridine rings is 1. The van der Waals surface area contributed by atoms with Crippen molar-refractivity contribution in [3.63, 3.8) is 0 Å². The monoisotopic (exact) mass is 430 g/mol. The van der Waals surface area contributed by atoms with E-state index in [0.717, 1.165) is 24.0 Å². The molecule has 2 heterocycles. The van der Waals surface area contributed by atoms with Gasteiger partial charge in [0.15, 0.2) is 0 Å². The fraction of sp³-hybridized carbons (Fsp3) is 0.500. The largest absolute Gasteiger partial charge is 0.393 e. The molecule has 3 rings (SSSR count). The number of nitrogens with one attached hydrogen (secondary N) is 2. The van der Waals surface area contributed by atoms with Crippen molar-refractivity contribution in [2.24, 2.45) is 5.92 Å². The van der Waals surface area contributed by atoms with E-state index in [9.17, 15) is 10.4 Å². The fourth-order valence-electron chi connectivity index (χ4n) is 3.55.